The molecule has 5 aliphatic rings. The fourth-order valence-electron chi connectivity index (χ4n) is 12.1. The second-order valence-corrected chi connectivity index (χ2v) is 23.5. The molecule has 402 valence electrons. The zero-order valence-electron chi connectivity index (χ0n) is 47.1. The van der Waals surface area contributed by atoms with Crippen molar-refractivity contribution in [1.82, 2.24) is 15.0 Å². The Hall–Kier alpha value is -8.68. The number of aliphatic imine (C=N–C) groups is 2. The summed E-state index contributed by atoms with van der Waals surface area (Å²) in [7, 11) is 0. The molecule has 2 aliphatic heterocycles. The normalized spacial score (nSPS) is 23.4. The second kappa shape index (κ2) is 25.6. The molecule has 3 aliphatic carbocycles. The fraction of sp³-hybridized carbons (Fsp3) is 0.278. The number of fused-ring (bicyclic) bond motifs is 1. The molecule has 4 aromatic heterocycles. The zero-order chi connectivity index (χ0) is 56.4. The van der Waals surface area contributed by atoms with Crippen molar-refractivity contribution in [3.05, 3.63) is 224 Å². The Balaban J connectivity index is 0.000000136. The summed E-state index contributed by atoms with van der Waals surface area (Å²) in [4.78, 5) is 24.5. The van der Waals surface area contributed by atoms with Crippen molar-refractivity contribution < 1.29 is 0 Å². The van der Waals surface area contributed by atoms with Crippen LogP contribution in [0, 0.1) is 81.3 Å². The van der Waals surface area contributed by atoms with Gasteiger partial charge in [0.2, 0.25) is 0 Å². The van der Waals surface area contributed by atoms with Crippen LogP contribution < -0.4 is 0 Å². The van der Waals surface area contributed by atoms with Crippen LogP contribution in [0.2, 0.25) is 0 Å². The molecule has 0 unspecified atom stereocenters. The van der Waals surface area contributed by atoms with Crippen molar-refractivity contribution in [2.24, 2.45) is 57.3 Å². The van der Waals surface area contributed by atoms with Crippen LogP contribution in [0.15, 0.2) is 190 Å². The molecule has 12 rings (SSSR count). The highest BCUT2D eigenvalue weighted by molar-refractivity contribution is 7.10. The van der Waals surface area contributed by atoms with Gasteiger partial charge in [0.1, 0.15) is 0 Å². The van der Waals surface area contributed by atoms with E-state index >= 15 is 0 Å². The lowest BCUT2D eigenvalue weighted by Crippen LogP contribution is -2.25. The van der Waals surface area contributed by atoms with E-state index in [1.165, 1.54) is 52.1 Å². The fourth-order valence-corrected chi connectivity index (χ4v) is 13.3. The van der Waals surface area contributed by atoms with Crippen LogP contribution in [0.3, 0.4) is 0 Å². The summed E-state index contributed by atoms with van der Waals surface area (Å²) in [5.41, 5.74) is 17.8. The summed E-state index contributed by atoms with van der Waals surface area (Å²) >= 11 is 1.88. The number of nitriles is 3. The smallest absolute Gasteiger partial charge is 0.0998 e. The molecule has 9 heteroatoms. The summed E-state index contributed by atoms with van der Waals surface area (Å²) in [6.45, 7) is 14.9. The van der Waals surface area contributed by atoms with Crippen LogP contribution in [0.25, 0.3) is 51.6 Å². The molecule has 0 radical (unpaired) electrons. The van der Waals surface area contributed by atoms with Gasteiger partial charge in [-0.05, 0) is 143 Å². The Kier molecular flexibility index (Phi) is 17.6. The van der Waals surface area contributed by atoms with E-state index in [0.29, 0.717) is 70.0 Å². The highest BCUT2D eigenvalue weighted by Gasteiger charge is 2.35. The number of aromatic nitrogens is 3. The maximum Gasteiger partial charge on any atom is 0.0998 e. The molecule has 8 nitrogen and oxygen atoms in total. The first-order chi connectivity index (χ1) is 39.5. The summed E-state index contributed by atoms with van der Waals surface area (Å²) < 4.78 is 0. The second-order valence-electron chi connectivity index (χ2n) is 22.5. The first-order valence-corrected chi connectivity index (χ1v) is 29.3. The van der Waals surface area contributed by atoms with Crippen LogP contribution >= 0.6 is 11.3 Å². The summed E-state index contributed by atoms with van der Waals surface area (Å²) in [5.74, 6) is 5.11. The number of pyridine rings is 3. The average Bonchev–Trinajstić information content (AvgIpc) is 4.42. The first kappa shape index (κ1) is 55.6. The molecule has 0 saturated carbocycles. The summed E-state index contributed by atoms with van der Waals surface area (Å²) in [6.07, 6.45) is 27.5. The van der Waals surface area contributed by atoms with Gasteiger partial charge >= 0.3 is 0 Å². The highest BCUT2D eigenvalue weighted by Crippen LogP contribution is 2.45. The van der Waals surface area contributed by atoms with Gasteiger partial charge in [0, 0.05) is 99.1 Å². The van der Waals surface area contributed by atoms with Crippen LogP contribution in [0.4, 0.5) is 0 Å². The number of hydrogen-bond donors (Lipinski definition) is 0. The molecular weight excluding hydrogens is 1010 g/mol. The van der Waals surface area contributed by atoms with E-state index in [-0.39, 0.29) is 0 Å². The predicted octanol–water partition coefficient (Wildman–Crippen LogP) is 17.3. The molecule has 0 fully saturated rings. The lowest BCUT2D eigenvalue weighted by atomic mass is 9.71. The molecule has 0 spiro atoms. The third-order valence-electron chi connectivity index (χ3n) is 17.5. The quantitative estimate of drug-likeness (QED) is 0.141. The van der Waals surface area contributed by atoms with Gasteiger partial charge in [-0.25, -0.2) is 0 Å². The third kappa shape index (κ3) is 12.5. The van der Waals surface area contributed by atoms with Crippen molar-refractivity contribution in [2.45, 2.75) is 73.1 Å². The van der Waals surface area contributed by atoms with E-state index in [4.69, 9.17) is 0 Å². The minimum Gasteiger partial charge on any atom is -0.288 e. The Morgan fingerprint density at radius 2 is 0.938 bits per heavy atom. The number of benzene rings is 3. The lowest BCUT2D eigenvalue weighted by molar-refractivity contribution is 0.305. The van der Waals surface area contributed by atoms with Crippen molar-refractivity contribution in [3.63, 3.8) is 0 Å². The molecule has 7 aromatic rings. The molecule has 0 N–H and O–H groups in total. The van der Waals surface area contributed by atoms with Gasteiger partial charge in [-0.15, -0.1) is 11.3 Å². The van der Waals surface area contributed by atoms with Crippen molar-refractivity contribution >= 4 is 42.0 Å². The number of thiophene rings is 1. The Labute approximate surface area is 482 Å². The van der Waals surface area contributed by atoms with Gasteiger partial charge in [0.15, 0.2) is 0 Å². The topological polar surface area (TPSA) is 135 Å². The van der Waals surface area contributed by atoms with Gasteiger partial charge in [-0.2, -0.15) is 15.8 Å². The number of hydrogen-bond acceptors (Lipinski definition) is 9. The SMILES string of the molecule is C[C@H]1[C@H](/C=C/c2ccc(-c3ccccc3C#N)cn2)C2=C(CC=N2)C[C@@H]1C.C[C@H]1[C@H](/C=C/c2ccc(-c3ccccc3C#N)cn2)C2=C(CN=C2)C[C@@H]1C.C[C@H]1[C@H](/C=C/c2ccc(-c3ccccc3C#N)cn2)c2sccc2C[C@@H]1C. The standard InChI is InChI=1S/2C24H23N3.C24H22N2S/c1-16-11-20-13-26-15-24(20)22(17(16)2)10-9-21-8-7-19(14-27-21)23-6-4-3-5-18(23)12-25;1-16-13-18-11-12-26-24(18)22(17(16)2)10-9-21-8-7-20(15-27-21)23-6-4-3-5-19(23)14-25;1-16-13-18-11-12-27-24(18)22(17(16)2)10-9-21-8-7-20(15-26-21)23-6-4-3-5-19(23)14-25/h3-10,14-17,22H,11,13H2,1-2H3;3-10,12,15-17,22H,11,13H2,1-2H3;3-12,15-17,22H,13H2,1-2H3/b3*10-9+/t3*16-,17+,22-/m000/s1. The number of nitrogens with zero attached hydrogens (tertiary/aromatic N) is 8. The monoisotopic (exact) mass is 1080 g/mol. The van der Waals surface area contributed by atoms with Gasteiger partial charge in [0.05, 0.1) is 58.5 Å². The Morgan fingerprint density at radius 3 is 1.43 bits per heavy atom. The van der Waals surface area contributed by atoms with Crippen molar-refractivity contribution in [1.29, 1.82) is 15.8 Å². The molecule has 6 heterocycles. The summed E-state index contributed by atoms with van der Waals surface area (Å²) in [5, 5.41) is 30.1. The van der Waals surface area contributed by atoms with Crippen LogP contribution in [0.5, 0.6) is 0 Å². The minimum atomic E-state index is 0.364. The van der Waals surface area contributed by atoms with E-state index in [1.54, 1.807) is 0 Å². The van der Waals surface area contributed by atoms with E-state index in [0.717, 1.165) is 63.4 Å². The Bertz CT molecular complexity index is 3570. The maximum absolute atomic E-state index is 9.29. The molecular formula is C72H68N8S. The minimum absolute atomic E-state index is 0.364. The van der Waals surface area contributed by atoms with Gasteiger partial charge < -0.3 is 0 Å². The average molecular weight is 1080 g/mol. The number of allylic oxidation sites excluding steroid dienone is 5. The first-order valence-electron chi connectivity index (χ1n) is 28.5. The zero-order valence-corrected chi connectivity index (χ0v) is 47.9. The van der Waals surface area contributed by atoms with E-state index in [2.05, 4.69) is 145 Å². The maximum atomic E-state index is 9.29. The van der Waals surface area contributed by atoms with Crippen LogP contribution in [-0.4, -0.2) is 33.9 Å². The van der Waals surface area contributed by atoms with Crippen molar-refractivity contribution in [3.8, 4) is 51.6 Å². The van der Waals surface area contributed by atoms with Gasteiger partial charge in [-0.1, -0.05) is 133 Å². The molecule has 0 saturated heterocycles. The predicted molar refractivity (Wildman–Crippen MR) is 333 cm³/mol. The molecule has 3 aromatic carbocycles. The molecule has 0 bridgehead atoms. The lowest BCUT2D eigenvalue weighted by Gasteiger charge is -2.33. The largest absolute Gasteiger partial charge is 0.288 e. The Morgan fingerprint density at radius 1 is 0.494 bits per heavy atom. The molecule has 0 amide bonds. The van der Waals surface area contributed by atoms with Crippen molar-refractivity contribution in [2.75, 3.05) is 6.54 Å². The number of rotatable bonds is 9. The van der Waals surface area contributed by atoms with Crippen LogP contribution in [-0.2, 0) is 6.42 Å². The van der Waals surface area contributed by atoms with Crippen LogP contribution in [0.1, 0.15) is 111 Å². The van der Waals surface area contributed by atoms with E-state index in [1.807, 2.05) is 139 Å². The molecule has 81 heavy (non-hydrogen) atoms. The van der Waals surface area contributed by atoms with Gasteiger partial charge in [0.25, 0.3) is 0 Å². The van der Waals surface area contributed by atoms with E-state index < -0.39 is 0 Å². The van der Waals surface area contributed by atoms with E-state index in [9.17, 15) is 15.8 Å². The third-order valence-corrected chi connectivity index (χ3v) is 18.6. The summed E-state index contributed by atoms with van der Waals surface area (Å²) in [6, 6.07) is 44.1. The molecule has 9 atom stereocenters. The van der Waals surface area contributed by atoms with Gasteiger partial charge in [-0.3, -0.25) is 24.9 Å². The highest BCUT2D eigenvalue weighted by atomic mass is 32.1.